The van der Waals surface area contributed by atoms with Crippen LogP contribution in [0, 0.1) is 23.7 Å². The van der Waals surface area contributed by atoms with Crippen molar-refractivity contribution in [1.29, 1.82) is 0 Å². The topological polar surface area (TPSA) is 116 Å². The molecule has 0 spiro atoms. The van der Waals surface area contributed by atoms with Crippen molar-refractivity contribution in [2.75, 3.05) is 14.1 Å². The van der Waals surface area contributed by atoms with E-state index in [0.29, 0.717) is 12.8 Å². The number of rotatable bonds is 12. The summed E-state index contributed by atoms with van der Waals surface area (Å²) in [7, 11) is 3.37. The van der Waals surface area contributed by atoms with Gasteiger partial charge in [0.05, 0.1) is 0 Å². The van der Waals surface area contributed by atoms with Crippen molar-refractivity contribution < 1.29 is 24.3 Å². The van der Waals surface area contributed by atoms with Gasteiger partial charge in [-0.05, 0) is 39.0 Å². The first-order chi connectivity index (χ1) is 13.3. The van der Waals surface area contributed by atoms with Crippen molar-refractivity contribution in [3.05, 3.63) is 0 Å². The third-order valence-electron chi connectivity index (χ3n) is 4.97. The minimum atomic E-state index is -1.09. The van der Waals surface area contributed by atoms with Gasteiger partial charge in [-0.3, -0.25) is 14.4 Å². The molecule has 4 atom stereocenters. The zero-order valence-corrected chi connectivity index (χ0v) is 19.1. The molecule has 0 fully saturated rings. The number of amides is 3. The predicted octanol–water partition coefficient (Wildman–Crippen LogP) is 1.88. The van der Waals surface area contributed by atoms with E-state index in [2.05, 4.69) is 10.6 Å². The molecule has 0 aliphatic carbocycles. The molecule has 168 valence electrons. The molecule has 0 saturated heterocycles. The third kappa shape index (κ3) is 9.28. The minimum Gasteiger partial charge on any atom is -0.480 e. The Morgan fingerprint density at radius 2 is 1.41 bits per heavy atom. The van der Waals surface area contributed by atoms with E-state index >= 15 is 0 Å². The fourth-order valence-corrected chi connectivity index (χ4v) is 3.21. The van der Waals surface area contributed by atoms with Gasteiger partial charge in [0.25, 0.3) is 0 Å². The predicted molar refractivity (Wildman–Crippen MR) is 112 cm³/mol. The molecular formula is C21H39N3O5. The fraction of sp³-hybridized carbons (Fsp3) is 0.810. The summed E-state index contributed by atoms with van der Waals surface area (Å²) in [6.45, 7) is 10.7. The first kappa shape index (κ1) is 26.9. The van der Waals surface area contributed by atoms with Crippen LogP contribution < -0.4 is 10.6 Å². The molecule has 29 heavy (non-hydrogen) atoms. The van der Waals surface area contributed by atoms with Gasteiger partial charge in [-0.2, -0.15) is 0 Å². The Hall–Kier alpha value is -2.12. The SMILES string of the molecule is CCC(CC(CC(C)C(=O)NC(C(=O)O)C(C)C)C(=O)NC(C)C)C(=O)N(C)C. The quantitative estimate of drug-likeness (QED) is 0.452. The van der Waals surface area contributed by atoms with Crippen molar-refractivity contribution >= 4 is 23.7 Å². The largest absolute Gasteiger partial charge is 0.480 e. The van der Waals surface area contributed by atoms with E-state index in [1.807, 2.05) is 20.8 Å². The lowest BCUT2D eigenvalue weighted by Crippen LogP contribution is -2.47. The standard InChI is InChI=1S/C21H39N3O5/c1-9-15(20(27)24(7)8)11-16(19(26)22-13(4)5)10-14(6)18(25)23-17(12(2)3)21(28)29/h12-17H,9-11H2,1-8H3,(H,22,26)(H,23,25)(H,28,29). The highest BCUT2D eigenvalue weighted by Crippen LogP contribution is 2.24. The highest BCUT2D eigenvalue weighted by atomic mass is 16.4. The van der Waals surface area contributed by atoms with Crippen molar-refractivity contribution in [3.8, 4) is 0 Å². The molecule has 0 bridgehead atoms. The van der Waals surface area contributed by atoms with Crippen LogP contribution in [0.4, 0.5) is 0 Å². The summed E-state index contributed by atoms with van der Waals surface area (Å²) >= 11 is 0. The van der Waals surface area contributed by atoms with Gasteiger partial charge >= 0.3 is 5.97 Å². The minimum absolute atomic E-state index is 0.0438. The number of carbonyl (C=O) groups excluding carboxylic acids is 3. The zero-order valence-electron chi connectivity index (χ0n) is 19.1. The van der Waals surface area contributed by atoms with E-state index in [0.717, 1.165) is 0 Å². The van der Waals surface area contributed by atoms with Crippen LogP contribution in [0.5, 0.6) is 0 Å². The summed E-state index contributed by atoms with van der Waals surface area (Å²) in [6, 6.07) is -1.04. The second kappa shape index (κ2) is 12.4. The van der Waals surface area contributed by atoms with Crippen LogP contribution in [0.1, 0.15) is 60.8 Å². The maximum atomic E-state index is 12.7. The number of hydrogen-bond donors (Lipinski definition) is 3. The van der Waals surface area contributed by atoms with Gasteiger partial charge < -0.3 is 20.6 Å². The molecule has 3 amide bonds. The van der Waals surface area contributed by atoms with Crippen molar-refractivity contribution in [2.24, 2.45) is 23.7 Å². The summed E-state index contributed by atoms with van der Waals surface area (Å²) in [5, 5.41) is 14.7. The summed E-state index contributed by atoms with van der Waals surface area (Å²) in [6.07, 6.45) is 1.18. The Kier molecular flexibility index (Phi) is 11.5. The summed E-state index contributed by atoms with van der Waals surface area (Å²) in [4.78, 5) is 50.6. The Morgan fingerprint density at radius 1 is 0.862 bits per heavy atom. The van der Waals surface area contributed by atoms with Crippen LogP contribution in [0.15, 0.2) is 0 Å². The van der Waals surface area contributed by atoms with E-state index in [1.54, 1.807) is 34.9 Å². The van der Waals surface area contributed by atoms with Crippen LogP contribution in [0.2, 0.25) is 0 Å². The zero-order chi connectivity index (χ0) is 22.9. The first-order valence-corrected chi connectivity index (χ1v) is 10.4. The van der Waals surface area contributed by atoms with Crippen LogP contribution in [-0.4, -0.2) is 59.9 Å². The highest BCUT2D eigenvalue weighted by Gasteiger charge is 2.32. The number of carboxylic acid groups (broad SMARTS) is 1. The van der Waals surface area contributed by atoms with E-state index in [1.165, 1.54) is 4.90 Å². The van der Waals surface area contributed by atoms with E-state index in [9.17, 15) is 24.3 Å². The summed E-state index contributed by atoms with van der Waals surface area (Å²) in [5.41, 5.74) is 0. The smallest absolute Gasteiger partial charge is 0.326 e. The normalized spacial score (nSPS) is 15.4. The second-order valence-corrected chi connectivity index (χ2v) is 8.64. The third-order valence-corrected chi connectivity index (χ3v) is 4.97. The maximum Gasteiger partial charge on any atom is 0.326 e. The van der Waals surface area contributed by atoms with Crippen molar-refractivity contribution in [3.63, 3.8) is 0 Å². The van der Waals surface area contributed by atoms with Crippen molar-refractivity contribution in [1.82, 2.24) is 15.5 Å². The fourth-order valence-electron chi connectivity index (χ4n) is 3.21. The Labute approximate surface area is 174 Å². The summed E-state index contributed by atoms with van der Waals surface area (Å²) < 4.78 is 0. The highest BCUT2D eigenvalue weighted by molar-refractivity contribution is 5.86. The van der Waals surface area contributed by atoms with Crippen LogP contribution in [0.3, 0.4) is 0 Å². The molecule has 3 N–H and O–H groups in total. The Bertz CT molecular complexity index is 575. The van der Waals surface area contributed by atoms with Gasteiger partial charge in [-0.25, -0.2) is 4.79 Å². The molecule has 4 unspecified atom stereocenters. The lowest BCUT2D eigenvalue weighted by molar-refractivity contribution is -0.144. The Balaban J connectivity index is 5.37. The van der Waals surface area contributed by atoms with Gasteiger partial charge in [0, 0.05) is 37.9 Å². The van der Waals surface area contributed by atoms with Crippen LogP contribution in [-0.2, 0) is 19.2 Å². The molecular weight excluding hydrogens is 374 g/mol. The van der Waals surface area contributed by atoms with Crippen molar-refractivity contribution in [2.45, 2.75) is 72.9 Å². The number of aliphatic carboxylic acids is 1. The molecule has 0 aromatic rings. The number of carbonyl (C=O) groups is 4. The molecule has 8 nitrogen and oxygen atoms in total. The number of hydrogen-bond acceptors (Lipinski definition) is 4. The van der Waals surface area contributed by atoms with E-state index in [4.69, 9.17) is 0 Å². The molecule has 0 aliphatic heterocycles. The Morgan fingerprint density at radius 3 is 1.79 bits per heavy atom. The molecule has 0 aromatic carbocycles. The first-order valence-electron chi connectivity index (χ1n) is 10.4. The lowest BCUT2D eigenvalue weighted by atomic mass is 9.84. The molecule has 0 rings (SSSR count). The van der Waals surface area contributed by atoms with Gasteiger partial charge in [-0.15, -0.1) is 0 Å². The molecule has 8 heteroatoms. The molecule has 0 saturated carbocycles. The van der Waals surface area contributed by atoms with E-state index in [-0.39, 0.29) is 36.1 Å². The lowest BCUT2D eigenvalue weighted by Gasteiger charge is -2.27. The molecule has 0 heterocycles. The molecule has 0 aliphatic rings. The average molecular weight is 414 g/mol. The number of nitrogens with one attached hydrogen (secondary N) is 2. The summed E-state index contributed by atoms with van der Waals surface area (Å²) in [5.74, 6) is -3.38. The van der Waals surface area contributed by atoms with Gasteiger partial charge in [0.15, 0.2) is 0 Å². The molecule has 0 aromatic heterocycles. The monoisotopic (exact) mass is 413 g/mol. The number of nitrogens with zero attached hydrogens (tertiary/aromatic N) is 1. The second-order valence-electron chi connectivity index (χ2n) is 8.64. The van der Waals surface area contributed by atoms with Gasteiger partial charge in [0.2, 0.25) is 17.7 Å². The van der Waals surface area contributed by atoms with Crippen LogP contribution >= 0.6 is 0 Å². The average Bonchev–Trinajstić information content (AvgIpc) is 2.60. The van der Waals surface area contributed by atoms with Crippen LogP contribution in [0.25, 0.3) is 0 Å². The van der Waals surface area contributed by atoms with Gasteiger partial charge in [0.1, 0.15) is 6.04 Å². The molecule has 0 radical (unpaired) electrons. The maximum absolute atomic E-state index is 12.7. The number of carboxylic acids is 1. The van der Waals surface area contributed by atoms with E-state index < -0.39 is 29.8 Å². The van der Waals surface area contributed by atoms with Gasteiger partial charge in [-0.1, -0.05) is 27.7 Å².